The van der Waals surface area contributed by atoms with E-state index >= 15 is 0 Å². The Bertz CT molecular complexity index is 1290. The van der Waals surface area contributed by atoms with Gasteiger partial charge >= 0.3 is 0 Å². The number of rotatable bonds is 5. The van der Waals surface area contributed by atoms with Gasteiger partial charge in [0.1, 0.15) is 0 Å². The van der Waals surface area contributed by atoms with E-state index in [-0.39, 0.29) is 16.8 Å². The van der Waals surface area contributed by atoms with Crippen LogP contribution < -0.4 is 9.62 Å². The van der Waals surface area contributed by atoms with Crippen LogP contribution in [0.2, 0.25) is 5.02 Å². The third-order valence-corrected chi connectivity index (χ3v) is 8.83. The maximum Gasteiger partial charge on any atom is 0.263 e. The van der Waals surface area contributed by atoms with Crippen molar-refractivity contribution in [3.63, 3.8) is 0 Å². The van der Waals surface area contributed by atoms with Gasteiger partial charge in [-0.1, -0.05) is 17.7 Å². The van der Waals surface area contributed by atoms with E-state index in [1.54, 1.807) is 22.4 Å². The van der Waals surface area contributed by atoms with E-state index in [1.165, 1.54) is 40.8 Å². The number of hydrogen-bond acceptors (Lipinski definition) is 6. The molecule has 172 valence electrons. The number of nitrogens with zero attached hydrogens (tertiary/aromatic N) is 3. The van der Waals surface area contributed by atoms with Gasteiger partial charge in [-0.3, -0.25) is 14.4 Å². The zero-order valence-corrected chi connectivity index (χ0v) is 20.4. The molecule has 10 heteroatoms. The Labute approximate surface area is 202 Å². The van der Waals surface area contributed by atoms with Crippen molar-refractivity contribution in [3.05, 3.63) is 69.7 Å². The smallest absolute Gasteiger partial charge is 0.263 e. The summed E-state index contributed by atoms with van der Waals surface area (Å²) >= 11 is 7.49. The van der Waals surface area contributed by atoms with Crippen LogP contribution in [0.25, 0.3) is 0 Å². The summed E-state index contributed by atoms with van der Waals surface area (Å²) in [5.74, 6) is 0.0562. The van der Waals surface area contributed by atoms with Gasteiger partial charge < -0.3 is 4.90 Å². The molecular formula is C23H23ClN4O3S2. The van der Waals surface area contributed by atoms with Crippen molar-refractivity contribution in [2.24, 2.45) is 0 Å². The molecule has 1 N–H and O–H groups in total. The molecule has 1 atom stereocenters. The molecule has 0 radical (unpaired) electrons. The Morgan fingerprint density at radius 3 is 2.67 bits per heavy atom. The van der Waals surface area contributed by atoms with E-state index < -0.39 is 10.0 Å². The summed E-state index contributed by atoms with van der Waals surface area (Å²) in [6, 6.07) is 10.4. The molecule has 1 fully saturated rings. The molecule has 2 aliphatic rings. The van der Waals surface area contributed by atoms with E-state index in [0.29, 0.717) is 17.4 Å². The van der Waals surface area contributed by atoms with Crippen molar-refractivity contribution >= 4 is 49.7 Å². The first kappa shape index (κ1) is 22.3. The van der Waals surface area contributed by atoms with Crippen molar-refractivity contribution in [1.82, 2.24) is 9.88 Å². The second-order valence-electron chi connectivity index (χ2n) is 8.32. The zero-order valence-electron chi connectivity index (χ0n) is 18.0. The number of hydrogen-bond donors (Lipinski definition) is 1. The number of aryl methyl sites for hydroxylation is 1. The number of carbonyl (C=O) groups is 1. The van der Waals surface area contributed by atoms with Gasteiger partial charge in [0.05, 0.1) is 10.9 Å². The predicted molar refractivity (Wildman–Crippen MR) is 130 cm³/mol. The Kier molecular flexibility index (Phi) is 5.90. The molecule has 2 aromatic carbocycles. The van der Waals surface area contributed by atoms with Crippen LogP contribution in [-0.4, -0.2) is 43.3 Å². The van der Waals surface area contributed by atoms with Crippen LogP contribution in [0.4, 0.5) is 10.8 Å². The van der Waals surface area contributed by atoms with Crippen molar-refractivity contribution in [3.8, 4) is 0 Å². The lowest BCUT2D eigenvalue weighted by Crippen LogP contribution is -2.44. The van der Waals surface area contributed by atoms with E-state index in [1.807, 2.05) is 13.0 Å². The average Bonchev–Trinajstić information content (AvgIpc) is 3.43. The van der Waals surface area contributed by atoms with Crippen LogP contribution >= 0.6 is 22.9 Å². The third-order valence-electron chi connectivity index (χ3n) is 6.25. The lowest BCUT2D eigenvalue weighted by molar-refractivity contribution is -0.122. The number of fused-ring (bicyclic) bond motifs is 1. The molecule has 1 amide bonds. The average molecular weight is 503 g/mol. The first-order valence-corrected chi connectivity index (χ1v) is 13.4. The minimum atomic E-state index is -3.72. The van der Waals surface area contributed by atoms with Crippen LogP contribution in [0.1, 0.15) is 23.1 Å². The fourth-order valence-corrected chi connectivity index (χ4v) is 6.48. The zero-order chi connectivity index (χ0) is 23.2. The predicted octanol–water partition coefficient (Wildman–Crippen LogP) is 4.07. The lowest BCUT2D eigenvalue weighted by Gasteiger charge is -2.33. The Morgan fingerprint density at radius 1 is 1.15 bits per heavy atom. The topological polar surface area (TPSA) is 82.6 Å². The maximum absolute atomic E-state index is 13.3. The molecule has 0 bridgehead atoms. The standard InChI is InChI=1S/C23H23ClN4O3S2/c1-15-12-17-14-27(9-6-16(17)13-20(15)24)21-7-10-28(22(21)29)18-2-4-19(5-3-18)33(30,31)26-23-25-8-11-32-23/h2-5,8,11-13,21H,6-7,9-10,14H2,1H3,(H,25,26)/t21-/m0/s1. The SMILES string of the molecule is Cc1cc2c(cc1Cl)CCN([C@H]1CCN(c3ccc(S(=O)(=O)Nc4nccs4)cc3)C1=O)C2. The summed E-state index contributed by atoms with van der Waals surface area (Å²) in [4.78, 5) is 21.3. The summed E-state index contributed by atoms with van der Waals surface area (Å²) in [6.07, 6.45) is 3.16. The maximum atomic E-state index is 13.3. The van der Waals surface area contributed by atoms with Crippen molar-refractivity contribution < 1.29 is 13.2 Å². The largest absolute Gasteiger partial charge is 0.311 e. The number of nitrogens with one attached hydrogen (secondary N) is 1. The van der Waals surface area contributed by atoms with Gasteiger partial charge in [-0.05, 0) is 66.8 Å². The molecule has 2 aliphatic heterocycles. The monoisotopic (exact) mass is 502 g/mol. The van der Waals surface area contributed by atoms with Gasteiger partial charge in [0, 0.05) is 41.9 Å². The number of halogens is 1. The number of thiazole rings is 1. The Morgan fingerprint density at radius 2 is 1.94 bits per heavy atom. The highest BCUT2D eigenvalue weighted by Gasteiger charge is 2.38. The van der Waals surface area contributed by atoms with Crippen LogP contribution in [0.5, 0.6) is 0 Å². The van der Waals surface area contributed by atoms with E-state index in [4.69, 9.17) is 11.6 Å². The first-order chi connectivity index (χ1) is 15.8. The molecule has 33 heavy (non-hydrogen) atoms. The fraction of sp³-hybridized carbons (Fsp3) is 0.304. The Hall–Kier alpha value is -2.46. The molecule has 1 saturated heterocycles. The molecule has 0 aliphatic carbocycles. The summed E-state index contributed by atoms with van der Waals surface area (Å²) in [7, 11) is -3.72. The van der Waals surface area contributed by atoms with Crippen LogP contribution in [0.15, 0.2) is 52.9 Å². The van der Waals surface area contributed by atoms with Gasteiger partial charge in [-0.2, -0.15) is 0 Å². The van der Waals surface area contributed by atoms with Crippen molar-refractivity contribution in [1.29, 1.82) is 0 Å². The fourth-order valence-electron chi connectivity index (χ4n) is 4.50. The minimum Gasteiger partial charge on any atom is -0.311 e. The lowest BCUT2D eigenvalue weighted by atomic mass is 9.96. The quantitative estimate of drug-likeness (QED) is 0.568. The highest BCUT2D eigenvalue weighted by Crippen LogP contribution is 2.31. The molecule has 0 spiro atoms. The number of anilines is 2. The van der Waals surface area contributed by atoms with Gasteiger partial charge in [0.15, 0.2) is 5.13 Å². The summed E-state index contributed by atoms with van der Waals surface area (Å²) in [5.41, 5.74) is 4.25. The first-order valence-electron chi connectivity index (χ1n) is 10.7. The summed E-state index contributed by atoms with van der Waals surface area (Å²) in [6.45, 7) is 4.16. The van der Waals surface area contributed by atoms with Gasteiger partial charge in [-0.15, -0.1) is 11.3 Å². The molecule has 0 unspecified atom stereocenters. The molecular weight excluding hydrogens is 480 g/mol. The normalized spacial score (nSPS) is 19.0. The molecule has 0 saturated carbocycles. The molecule has 3 aromatic rings. The van der Waals surface area contributed by atoms with Gasteiger partial charge in [0.2, 0.25) is 5.91 Å². The highest BCUT2D eigenvalue weighted by molar-refractivity contribution is 7.93. The van der Waals surface area contributed by atoms with E-state index in [2.05, 4.69) is 20.7 Å². The number of amides is 1. The van der Waals surface area contributed by atoms with Gasteiger partial charge in [0.25, 0.3) is 10.0 Å². The second-order valence-corrected chi connectivity index (χ2v) is 11.3. The van der Waals surface area contributed by atoms with Crippen LogP contribution in [0, 0.1) is 6.92 Å². The minimum absolute atomic E-state index is 0.0562. The number of sulfonamides is 1. The van der Waals surface area contributed by atoms with Crippen molar-refractivity contribution in [2.45, 2.75) is 37.2 Å². The van der Waals surface area contributed by atoms with Crippen LogP contribution in [-0.2, 0) is 27.8 Å². The number of carbonyl (C=O) groups excluding carboxylic acids is 1. The second kappa shape index (κ2) is 8.72. The molecule has 3 heterocycles. The summed E-state index contributed by atoms with van der Waals surface area (Å²) < 4.78 is 27.6. The third kappa shape index (κ3) is 4.38. The van der Waals surface area contributed by atoms with Crippen molar-refractivity contribution in [2.75, 3.05) is 22.7 Å². The van der Waals surface area contributed by atoms with E-state index in [0.717, 1.165) is 36.5 Å². The van der Waals surface area contributed by atoms with Crippen LogP contribution in [0.3, 0.4) is 0 Å². The molecule has 7 nitrogen and oxygen atoms in total. The number of aromatic nitrogens is 1. The summed E-state index contributed by atoms with van der Waals surface area (Å²) in [5, 5.41) is 2.81. The van der Waals surface area contributed by atoms with E-state index in [9.17, 15) is 13.2 Å². The molecule has 1 aromatic heterocycles. The number of benzene rings is 2. The highest BCUT2D eigenvalue weighted by atomic mass is 35.5. The Balaban J connectivity index is 1.29. The van der Waals surface area contributed by atoms with Gasteiger partial charge in [-0.25, -0.2) is 13.4 Å². The molecule has 5 rings (SSSR count).